The van der Waals surface area contributed by atoms with Crippen LogP contribution in [0.1, 0.15) is 44.5 Å². The summed E-state index contributed by atoms with van der Waals surface area (Å²) in [5.41, 5.74) is 5.65. The molecule has 1 fully saturated rings. The molecule has 0 bridgehead atoms. The number of carboxylic acid groups (broad SMARTS) is 1. The highest BCUT2D eigenvalue weighted by Gasteiger charge is 2.39. The van der Waals surface area contributed by atoms with Crippen molar-refractivity contribution in [2.24, 2.45) is 11.7 Å². The van der Waals surface area contributed by atoms with E-state index in [1.807, 2.05) is 32.2 Å². The Hall–Kier alpha value is -1.44. The third kappa shape index (κ3) is 4.53. The Labute approximate surface area is 140 Å². The number of carbonyl (C=O) groups excluding carboxylic acids is 1. The fourth-order valence-electron chi connectivity index (χ4n) is 2.81. The van der Waals surface area contributed by atoms with E-state index in [1.165, 1.54) is 11.3 Å². The predicted molar refractivity (Wildman–Crippen MR) is 87.9 cm³/mol. The first-order valence-electron chi connectivity index (χ1n) is 7.69. The maximum absolute atomic E-state index is 12.2. The lowest BCUT2D eigenvalue weighted by Gasteiger charge is -2.39. The van der Waals surface area contributed by atoms with Gasteiger partial charge in [-0.15, -0.1) is 11.3 Å². The van der Waals surface area contributed by atoms with Gasteiger partial charge in [0.15, 0.2) is 0 Å². The molecule has 2 heterocycles. The first-order valence-corrected chi connectivity index (χ1v) is 8.57. The molecule has 0 spiro atoms. The van der Waals surface area contributed by atoms with Gasteiger partial charge in [-0.2, -0.15) is 0 Å². The van der Waals surface area contributed by atoms with Gasteiger partial charge in [0.2, 0.25) is 0 Å². The van der Waals surface area contributed by atoms with Crippen molar-refractivity contribution in [3.8, 4) is 0 Å². The topological polar surface area (TPSA) is 92.9 Å². The van der Waals surface area contributed by atoms with Crippen molar-refractivity contribution in [3.63, 3.8) is 0 Å². The second-order valence-corrected chi connectivity index (χ2v) is 7.80. The van der Waals surface area contributed by atoms with E-state index in [1.54, 1.807) is 11.0 Å². The van der Waals surface area contributed by atoms with Gasteiger partial charge in [-0.3, -0.25) is 14.5 Å². The van der Waals surface area contributed by atoms with E-state index in [4.69, 9.17) is 10.5 Å². The number of nitrogens with zero attached hydrogens (tertiary/aromatic N) is 1. The summed E-state index contributed by atoms with van der Waals surface area (Å²) in [7, 11) is 0. The van der Waals surface area contributed by atoms with Crippen LogP contribution in [0.4, 0.5) is 0 Å². The van der Waals surface area contributed by atoms with Gasteiger partial charge < -0.3 is 15.6 Å². The number of esters is 1. The lowest BCUT2D eigenvalue weighted by molar-refractivity contribution is -0.163. The molecule has 128 valence electrons. The predicted octanol–water partition coefficient (Wildman–Crippen LogP) is 2.21. The van der Waals surface area contributed by atoms with Gasteiger partial charge in [-0.25, -0.2) is 0 Å². The highest BCUT2D eigenvalue weighted by atomic mass is 32.1. The fourth-order valence-corrected chi connectivity index (χ4v) is 3.65. The maximum atomic E-state index is 12.2. The third-order valence-corrected chi connectivity index (χ3v) is 4.73. The van der Waals surface area contributed by atoms with Crippen LogP contribution in [0.3, 0.4) is 0 Å². The van der Waals surface area contributed by atoms with Crippen LogP contribution in [0.15, 0.2) is 17.5 Å². The van der Waals surface area contributed by atoms with Crippen molar-refractivity contribution >= 4 is 23.3 Å². The SMILES string of the molecule is CC(C)(C)OC(=O)[C@H]1CCN([C@@H](C(=O)O)c2cccs2)[C@@H](N)C1. The van der Waals surface area contributed by atoms with Gasteiger partial charge in [0.25, 0.3) is 0 Å². The van der Waals surface area contributed by atoms with Crippen molar-refractivity contribution in [2.75, 3.05) is 6.54 Å². The lowest BCUT2D eigenvalue weighted by Crippen LogP contribution is -2.52. The molecule has 23 heavy (non-hydrogen) atoms. The number of likely N-dealkylation sites (tertiary alicyclic amines) is 1. The quantitative estimate of drug-likeness (QED) is 0.816. The summed E-state index contributed by atoms with van der Waals surface area (Å²) >= 11 is 1.40. The normalized spacial score (nSPS) is 24.2. The average molecular weight is 340 g/mol. The first kappa shape index (κ1) is 17.9. The van der Waals surface area contributed by atoms with Crippen molar-refractivity contribution in [1.82, 2.24) is 4.90 Å². The summed E-state index contributed by atoms with van der Waals surface area (Å²) in [6, 6.07) is 2.87. The van der Waals surface area contributed by atoms with Gasteiger partial charge in [-0.05, 0) is 45.1 Å². The molecule has 0 aliphatic carbocycles. The average Bonchev–Trinajstić information content (AvgIpc) is 2.92. The van der Waals surface area contributed by atoms with Crippen LogP contribution in [0.5, 0.6) is 0 Å². The molecule has 6 nitrogen and oxygen atoms in total. The molecule has 1 aliphatic heterocycles. The van der Waals surface area contributed by atoms with Gasteiger partial charge in [0.05, 0.1) is 12.1 Å². The van der Waals surface area contributed by atoms with Gasteiger partial charge in [0.1, 0.15) is 11.6 Å². The van der Waals surface area contributed by atoms with Crippen molar-refractivity contribution in [2.45, 2.75) is 51.4 Å². The van der Waals surface area contributed by atoms with Crippen LogP contribution in [-0.2, 0) is 14.3 Å². The molecule has 1 aromatic rings. The summed E-state index contributed by atoms with van der Waals surface area (Å²) in [6.45, 7) is 5.95. The number of ether oxygens (including phenoxy) is 1. The van der Waals surface area contributed by atoms with Crippen LogP contribution >= 0.6 is 11.3 Å². The molecule has 1 saturated heterocycles. The largest absolute Gasteiger partial charge is 0.480 e. The molecule has 0 unspecified atom stereocenters. The van der Waals surface area contributed by atoms with Crippen molar-refractivity contribution in [3.05, 3.63) is 22.4 Å². The fraction of sp³-hybridized carbons (Fsp3) is 0.625. The molecule has 0 amide bonds. The minimum absolute atomic E-state index is 0.254. The number of rotatable bonds is 4. The van der Waals surface area contributed by atoms with E-state index in [2.05, 4.69) is 0 Å². The minimum Gasteiger partial charge on any atom is -0.480 e. The number of nitrogens with two attached hydrogens (primary N) is 1. The molecular formula is C16H24N2O4S. The summed E-state index contributed by atoms with van der Waals surface area (Å²) in [6.07, 6.45) is 0.478. The summed E-state index contributed by atoms with van der Waals surface area (Å²) < 4.78 is 5.41. The van der Waals surface area contributed by atoms with E-state index >= 15 is 0 Å². The summed E-state index contributed by atoms with van der Waals surface area (Å²) in [5, 5.41) is 11.4. The second-order valence-electron chi connectivity index (χ2n) is 6.82. The zero-order valence-corrected chi connectivity index (χ0v) is 14.5. The molecule has 1 aliphatic rings. The maximum Gasteiger partial charge on any atom is 0.326 e. The number of carboxylic acids is 1. The van der Waals surface area contributed by atoms with Crippen LogP contribution in [-0.4, -0.2) is 40.3 Å². The number of piperidine rings is 1. The molecule has 3 N–H and O–H groups in total. The molecule has 0 saturated carbocycles. The Balaban J connectivity index is 2.06. The molecule has 2 rings (SSSR count). The van der Waals surface area contributed by atoms with Gasteiger partial charge in [0, 0.05) is 11.4 Å². The zero-order chi connectivity index (χ0) is 17.2. The molecular weight excluding hydrogens is 316 g/mol. The Morgan fingerprint density at radius 1 is 1.48 bits per heavy atom. The second kappa shape index (κ2) is 6.98. The number of hydrogen-bond acceptors (Lipinski definition) is 6. The number of thiophene rings is 1. The zero-order valence-electron chi connectivity index (χ0n) is 13.7. The highest BCUT2D eigenvalue weighted by molar-refractivity contribution is 7.10. The van der Waals surface area contributed by atoms with Crippen LogP contribution in [0.25, 0.3) is 0 Å². The molecule has 7 heteroatoms. The van der Waals surface area contributed by atoms with Crippen molar-refractivity contribution < 1.29 is 19.4 Å². The molecule has 0 aromatic carbocycles. The summed E-state index contributed by atoms with van der Waals surface area (Å²) in [5.74, 6) is -1.45. The van der Waals surface area contributed by atoms with E-state index in [0.29, 0.717) is 19.4 Å². The van der Waals surface area contributed by atoms with Gasteiger partial charge in [-0.1, -0.05) is 6.07 Å². The molecule has 3 atom stereocenters. The molecule has 1 aromatic heterocycles. The van der Waals surface area contributed by atoms with Crippen LogP contribution < -0.4 is 5.73 Å². The Bertz CT molecular complexity index is 553. The number of carbonyl (C=O) groups is 2. The van der Waals surface area contributed by atoms with Crippen LogP contribution in [0, 0.1) is 5.92 Å². The lowest BCUT2D eigenvalue weighted by atomic mass is 9.93. The van der Waals surface area contributed by atoms with Crippen molar-refractivity contribution in [1.29, 1.82) is 0 Å². The van der Waals surface area contributed by atoms with E-state index in [-0.39, 0.29) is 11.9 Å². The number of aliphatic carboxylic acids is 1. The van der Waals surface area contributed by atoms with Crippen LogP contribution in [0.2, 0.25) is 0 Å². The number of hydrogen-bond donors (Lipinski definition) is 2. The van der Waals surface area contributed by atoms with E-state index in [9.17, 15) is 14.7 Å². The highest BCUT2D eigenvalue weighted by Crippen LogP contribution is 2.32. The van der Waals surface area contributed by atoms with E-state index in [0.717, 1.165) is 4.88 Å². The minimum atomic E-state index is -0.918. The van der Waals surface area contributed by atoms with Gasteiger partial charge >= 0.3 is 11.9 Å². The Morgan fingerprint density at radius 2 is 2.17 bits per heavy atom. The Kier molecular flexibility index (Phi) is 5.44. The van der Waals surface area contributed by atoms with E-state index < -0.39 is 23.8 Å². The Morgan fingerprint density at radius 3 is 2.65 bits per heavy atom. The smallest absolute Gasteiger partial charge is 0.326 e. The third-order valence-electron chi connectivity index (χ3n) is 3.81. The monoisotopic (exact) mass is 340 g/mol. The molecule has 0 radical (unpaired) electrons. The standard InChI is InChI=1S/C16H24N2O4S/c1-16(2,3)22-15(21)10-6-7-18(12(17)9-10)13(14(19)20)11-5-4-8-23-11/h4-5,8,10,12-13H,6-7,9,17H2,1-3H3,(H,19,20)/t10-,12+,13+/m0/s1. The summed E-state index contributed by atoms with van der Waals surface area (Å²) in [4.78, 5) is 26.4. The first-order chi connectivity index (χ1) is 10.7.